The summed E-state index contributed by atoms with van der Waals surface area (Å²) in [5, 5.41) is 3.99. The van der Waals surface area contributed by atoms with Crippen LogP contribution in [0.5, 0.6) is 5.75 Å². The van der Waals surface area contributed by atoms with Crippen molar-refractivity contribution in [2.75, 3.05) is 25.6 Å². The number of benzene rings is 1. The summed E-state index contributed by atoms with van der Waals surface area (Å²) < 4.78 is 6.77. The van der Waals surface area contributed by atoms with Gasteiger partial charge in [0.05, 0.1) is 28.9 Å². The number of fused-ring (bicyclic) bond motifs is 4. The lowest BCUT2D eigenvalue weighted by Gasteiger charge is -2.24. The molecule has 0 unspecified atom stereocenters. The van der Waals surface area contributed by atoms with Crippen LogP contribution < -0.4 is 15.0 Å². The van der Waals surface area contributed by atoms with E-state index in [9.17, 15) is 4.79 Å². The second-order valence-electron chi connectivity index (χ2n) is 7.00. The van der Waals surface area contributed by atoms with Crippen LogP contribution in [0, 0.1) is 0 Å². The van der Waals surface area contributed by atoms with E-state index in [1.165, 1.54) is 5.56 Å². The molecule has 1 saturated heterocycles. The highest BCUT2D eigenvalue weighted by molar-refractivity contribution is 7.22. The predicted molar refractivity (Wildman–Crippen MR) is 94.1 cm³/mol. The van der Waals surface area contributed by atoms with Crippen LogP contribution in [0.1, 0.15) is 18.4 Å². The number of thiazole rings is 1. The fourth-order valence-corrected chi connectivity index (χ4v) is 5.42. The molecule has 0 radical (unpaired) electrons. The Labute approximate surface area is 144 Å². The molecule has 2 aliphatic heterocycles. The van der Waals surface area contributed by atoms with Crippen molar-refractivity contribution >= 4 is 32.7 Å². The van der Waals surface area contributed by atoms with Crippen LogP contribution in [0.2, 0.25) is 0 Å². The molecule has 2 aromatic rings. The zero-order valence-corrected chi connectivity index (χ0v) is 14.6. The van der Waals surface area contributed by atoms with Crippen molar-refractivity contribution in [1.29, 1.82) is 0 Å². The first-order valence-corrected chi connectivity index (χ1v) is 9.26. The Balaban J connectivity index is 1.55. The lowest BCUT2D eigenvalue weighted by Crippen LogP contribution is -2.44. The van der Waals surface area contributed by atoms with Gasteiger partial charge in [-0.15, -0.1) is 0 Å². The molecule has 1 saturated carbocycles. The number of urea groups is 1. The highest BCUT2D eigenvalue weighted by Gasteiger charge is 2.49. The zero-order valence-electron chi connectivity index (χ0n) is 13.8. The van der Waals surface area contributed by atoms with E-state index in [0.717, 1.165) is 47.0 Å². The lowest BCUT2D eigenvalue weighted by molar-refractivity contribution is 0.238. The third kappa shape index (κ3) is 1.91. The van der Waals surface area contributed by atoms with Gasteiger partial charge in [-0.25, -0.2) is 9.78 Å². The molecule has 3 heterocycles. The number of carbonyl (C=O) groups is 1. The Morgan fingerprint density at radius 1 is 1.38 bits per heavy atom. The number of anilines is 1. The number of carbonyl (C=O) groups excluding carboxylic acids is 1. The van der Waals surface area contributed by atoms with E-state index < -0.39 is 0 Å². The first-order valence-electron chi connectivity index (χ1n) is 8.45. The van der Waals surface area contributed by atoms with Crippen LogP contribution in [-0.2, 0) is 6.42 Å². The Morgan fingerprint density at radius 3 is 3.08 bits per heavy atom. The van der Waals surface area contributed by atoms with E-state index in [4.69, 9.17) is 9.72 Å². The first-order chi connectivity index (χ1) is 11.6. The first kappa shape index (κ1) is 14.5. The number of rotatable bonds is 2. The van der Waals surface area contributed by atoms with Crippen LogP contribution in [0.3, 0.4) is 0 Å². The third-order valence-electron chi connectivity index (χ3n) is 5.52. The van der Waals surface area contributed by atoms with Crippen molar-refractivity contribution in [2.45, 2.75) is 37.4 Å². The van der Waals surface area contributed by atoms with E-state index >= 15 is 0 Å². The van der Waals surface area contributed by atoms with Crippen LogP contribution in [0.25, 0.3) is 10.2 Å². The Morgan fingerprint density at radius 2 is 2.25 bits per heavy atom. The molecular formula is C17H20N4O2S. The minimum Gasteiger partial charge on any atom is -0.493 e. The minimum atomic E-state index is -0.0106. The Bertz CT molecular complexity index is 833. The Kier molecular flexibility index (Phi) is 3.06. The molecule has 7 heteroatoms. The van der Waals surface area contributed by atoms with Gasteiger partial charge < -0.3 is 15.0 Å². The lowest BCUT2D eigenvalue weighted by atomic mass is 10.1. The second-order valence-corrected chi connectivity index (χ2v) is 8.01. The zero-order chi connectivity index (χ0) is 16.4. The number of likely N-dealkylation sites (N-methyl/N-ethyl adjacent to an activating group) is 1. The van der Waals surface area contributed by atoms with Gasteiger partial charge in [0, 0.05) is 18.0 Å². The quantitative estimate of drug-likeness (QED) is 0.908. The molecule has 1 N–H and O–H groups in total. The number of nitrogens with zero attached hydrogens (tertiary/aromatic N) is 3. The van der Waals surface area contributed by atoms with E-state index in [1.54, 1.807) is 11.3 Å². The summed E-state index contributed by atoms with van der Waals surface area (Å²) in [6, 6.07) is 4.86. The summed E-state index contributed by atoms with van der Waals surface area (Å²) in [4.78, 5) is 21.6. The van der Waals surface area contributed by atoms with Gasteiger partial charge in [-0.3, -0.25) is 4.90 Å². The summed E-state index contributed by atoms with van der Waals surface area (Å²) in [6.07, 6.45) is 3.02. The molecule has 0 spiro atoms. The number of nitrogens with one attached hydrogen (secondary N) is 1. The highest BCUT2D eigenvalue weighted by atomic mass is 32.1. The van der Waals surface area contributed by atoms with Gasteiger partial charge in [-0.1, -0.05) is 11.3 Å². The molecule has 0 bridgehead atoms. The molecule has 126 valence electrons. The van der Waals surface area contributed by atoms with Gasteiger partial charge in [0.15, 0.2) is 5.13 Å². The molecule has 24 heavy (non-hydrogen) atoms. The van der Waals surface area contributed by atoms with Gasteiger partial charge in [-0.05, 0) is 39.1 Å². The largest absolute Gasteiger partial charge is 0.493 e. The normalized spacial score (nSPS) is 28.4. The maximum absolute atomic E-state index is 12.6. The van der Waals surface area contributed by atoms with Gasteiger partial charge in [0.25, 0.3) is 0 Å². The fraction of sp³-hybridized carbons (Fsp3) is 0.529. The van der Waals surface area contributed by atoms with Crippen molar-refractivity contribution in [3.8, 4) is 5.75 Å². The molecular weight excluding hydrogens is 324 g/mol. The second kappa shape index (κ2) is 5.07. The molecule has 3 atom stereocenters. The van der Waals surface area contributed by atoms with E-state index in [0.29, 0.717) is 6.04 Å². The van der Waals surface area contributed by atoms with E-state index in [-0.39, 0.29) is 18.1 Å². The van der Waals surface area contributed by atoms with E-state index in [1.807, 2.05) is 11.0 Å². The molecule has 3 aliphatic rings. The van der Waals surface area contributed by atoms with E-state index in [2.05, 4.69) is 30.4 Å². The standard InChI is InChI=1S/C17H20N4O2S/c1-20(2)10-3-4-11-15(10)18-16(22)21(11)17-19-14-9-7-8-23-12(9)5-6-13(14)24-17/h5-6,10-11,15H,3-4,7-8H2,1-2H3,(H,18,22)/t10-,11-,15+/m0/s1. The van der Waals surface area contributed by atoms with Gasteiger partial charge >= 0.3 is 6.03 Å². The maximum atomic E-state index is 12.6. The maximum Gasteiger partial charge on any atom is 0.324 e. The van der Waals surface area contributed by atoms with Crippen molar-refractivity contribution < 1.29 is 9.53 Å². The van der Waals surface area contributed by atoms with Crippen molar-refractivity contribution in [1.82, 2.24) is 15.2 Å². The SMILES string of the molecule is CN(C)[C@H]1CC[C@H]2[C@@H]1NC(=O)N2c1nc2c3c(ccc2s1)OCC3. The van der Waals surface area contributed by atoms with Crippen LogP contribution in [-0.4, -0.2) is 54.7 Å². The molecule has 2 fully saturated rings. The number of hydrogen-bond acceptors (Lipinski definition) is 5. The van der Waals surface area contributed by atoms with Gasteiger partial charge in [-0.2, -0.15) is 0 Å². The number of amides is 2. The van der Waals surface area contributed by atoms with Crippen LogP contribution >= 0.6 is 11.3 Å². The van der Waals surface area contributed by atoms with Crippen molar-refractivity contribution in [3.05, 3.63) is 17.7 Å². The predicted octanol–water partition coefficient (Wildman–Crippen LogP) is 2.22. The Hall–Kier alpha value is -1.86. The van der Waals surface area contributed by atoms with Gasteiger partial charge in [0.2, 0.25) is 0 Å². The summed E-state index contributed by atoms with van der Waals surface area (Å²) in [5.74, 6) is 0.941. The summed E-state index contributed by atoms with van der Waals surface area (Å²) in [5.41, 5.74) is 2.19. The highest BCUT2D eigenvalue weighted by Crippen LogP contribution is 2.41. The molecule has 1 aromatic heterocycles. The van der Waals surface area contributed by atoms with Crippen LogP contribution in [0.4, 0.5) is 9.93 Å². The summed E-state index contributed by atoms with van der Waals surface area (Å²) >= 11 is 1.61. The number of hydrogen-bond donors (Lipinski definition) is 1. The average molecular weight is 344 g/mol. The van der Waals surface area contributed by atoms with Crippen LogP contribution in [0.15, 0.2) is 12.1 Å². The van der Waals surface area contributed by atoms with Crippen molar-refractivity contribution in [2.24, 2.45) is 0 Å². The molecule has 1 aliphatic carbocycles. The fourth-order valence-electron chi connectivity index (χ4n) is 4.37. The average Bonchev–Trinajstić information content (AvgIpc) is 3.26. The molecule has 2 amide bonds. The molecule has 6 nitrogen and oxygen atoms in total. The third-order valence-corrected chi connectivity index (χ3v) is 6.54. The number of aromatic nitrogens is 1. The smallest absolute Gasteiger partial charge is 0.324 e. The monoisotopic (exact) mass is 344 g/mol. The summed E-state index contributed by atoms with van der Waals surface area (Å²) in [6.45, 7) is 0.723. The van der Waals surface area contributed by atoms with Crippen molar-refractivity contribution in [3.63, 3.8) is 0 Å². The number of ether oxygens (including phenoxy) is 1. The summed E-state index contributed by atoms with van der Waals surface area (Å²) in [7, 11) is 4.17. The topological polar surface area (TPSA) is 57.7 Å². The minimum absolute atomic E-state index is 0.0106. The molecule has 5 rings (SSSR count). The van der Waals surface area contributed by atoms with Gasteiger partial charge in [0.1, 0.15) is 5.75 Å². The molecule has 1 aromatic carbocycles.